The molecule has 0 saturated carbocycles. The molecule has 3 heterocycles. The van der Waals surface area contributed by atoms with Gasteiger partial charge in [0.1, 0.15) is 17.8 Å². The second-order valence-electron chi connectivity index (χ2n) is 6.37. The van der Waals surface area contributed by atoms with Crippen LogP contribution in [0.25, 0.3) is 11.0 Å². The number of piperidine rings is 1. The molecule has 25 heavy (non-hydrogen) atoms. The molecule has 3 rings (SSSR count). The van der Waals surface area contributed by atoms with Gasteiger partial charge in [0.25, 0.3) is 0 Å². The normalized spacial score (nSPS) is 17.7. The van der Waals surface area contributed by atoms with Crippen molar-refractivity contribution in [2.75, 3.05) is 38.8 Å². The minimum absolute atomic E-state index is 0.00615. The van der Waals surface area contributed by atoms with Gasteiger partial charge in [0, 0.05) is 39.5 Å². The van der Waals surface area contributed by atoms with E-state index < -0.39 is 0 Å². The quantitative estimate of drug-likeness (QED) is 0.809. The molecule has 134 valence electrons. The van der Waals surface area contributed by atoms with E-state index in [0.29, 0.717) is 13.2 Å². The summed E-state index contributed by atoms with van der Waals surface area (Å²) in [7, 11) is 3.74. The van der Waals surface area contributed by atoms with E-state index in [1.165, 1.54) is 6.08 Å². The van der Waals surface area contributed by atoms with Crippen molar-refractivity contribution < 1.29 is 9.53 Å². The van der Waals surface area contributed by atoms with Gasteiger partial charge in [-0.25, -0.2) is 9.97 Å². The van der Waals surface area contributed by atoms with Crippen LogP contribution >= 0.6 is 0 Å². The zero-order chi connectivity index (χ0) is 17.8. The van der Waals surface area contributed by atoms with E-state index in [2.05, 4.69) is 26.4 Å². The number of fused-ring (bicyclic) bond motifs is 1. The number of amides is 1. The van der Waals surface area contributed by atoms with Crippen LogP contribution in [-0.2, 0) is 16.0 Å². The number of hydrogen-bond acceptors (Lipinski definition) is 5. The summed E-state index contributed by atoms with van der Waals surface area (Å²) in [5.74, 6) is 0.892. The van der Waals surface area contributed by atoms with E-state index >= 15 is 0 Å². The Kier molecular flexibility index (Phi) is 5.33. The Bertz CT molecular complexity index is 757. The zero-order valence-corrected chi connectivity index (χ0v) is 14.9. The van der Waals surface area contributed by atoms with Crippen LogP contribution < -0.4 is 4.90 Å². The van der Waals surface area contributed by atoms with E-state index in [1.807, 2.05) is 18.1 Å². The van der Waals surface area contributed by atoms with E-state index in [1.54, 1.807) is 13.4 Å². The fourth-order valence-corrected chi connectivity index (χ4v) is 3.46. The lowest BCUT2D eigenvalue weighted by Crippen LogP contribution is -2.48. The SMILES string of the molecule is C=CC(=O)N1CCCC(N(C)c2ncnc3[nH]cc(CCOC)c23)C1. The molecule has 0 bridgehead atoms. The Morgan fingerprint density at radius 1 is 1.56 bits per heavy atom. The maximum Gasteiger partial charge on any atom is 0.246 e. The number of ether oxygens (including phenoxy) is 1. The van der Waals surface area contributed by atoms with Gasteiger partial charge < -0.3 is 19.5 Å². The molecule has 2 aromatic rings. The van der Waals surface area contributed by atoms with Crippen molar-refractivity contribution >= 4 is 22.8 Å². The first kappa shape index (κ1) is 17.4. The summed E-state index contributed by atoms with van der Waals surface area (Å²) in [6.45, 7) is 5.72. The van der Waals surface area contributed by atoms with E-state index in [4.69, 9.17) is 4.74 Å². The van der Waals surface area contributed by atoms with Crippen LogP contribution in [0.5, 0.6) is 0 Å². The molecule has 1 aliphatic rings. The number of aromatic amines is 1. The van der Waals surface area contributed by atoms with Crippen LogP contribution in [0, 0.1) is 0 Å². The lowest BCUT2D eigenvalue weighted by molar-refractivity contribution is -0.127. The van der Waals surface area contributed by atoms with E-state index in [0.717, 1.165) is 48.2 Å². The van der Waals surface area contributed by atoms with Crippen molar-refractivity contribution in [3.63, 3.8) is 0 Å². The van der Waals surface area contributed by atoms with Crippen molar-refractivity contribution in [3.05, 3.63) is 30.7 Å². The number of nitrogens with one attached hydrogen (secondary N) is 1. The minimum Gasteiger partial charge on any atom is -0.384 e. The summed E-state index contributed by atoms with van der Waals surface area (Å²) in [5.41, 5.74) is 1.98. The van der Waals surface area contributed by atoms with Crippen molar-refractivity contribution in [2.45, 2.75) is 25.3 Å². The maximum atomic E-state index is 12.0. The third-order valence-electron chi connectivity index (χ3n) is 4.87. The fraction of sp³-hybridized carbons (Fsp3) is 0.500. The standard InChI is InChI=1S/C18H25N5O2/c1-4-15(24)23-8-5-6-14(11-23)22(2)18-16-13(7-9-25-3)10-19-17(16)20-12-21-18/h4,10,12,14H,1,5-9,11H2,2-3H3,(H,19,20,21). The van der Waals surface area contributed by atoms with Gasteiger partial charge in [-0.15, -0.1) is 0 Å². The third kappa shape index (κ3) is 3.51. The zero-order valence-electron chi connectivity index (χ0n) is 14.9. The first-order valence-electron chi connectivity index (χ1n) is 8.59. The number of carbonyl (C=O) groups is 1. The summed E-state index contributed by atoms with van der Waals surface area (Å²) in [4.78, 5) is 28.1. The number of H-pyrrole nitrogens is 1. The Labute approximate surface area is 147 Å². The number of rotatable bonds is 6. The summed E-state index contributed by atoms with van der Waals surface area (Å²) < 4.78 is 5.21. The molecule has 0 spiro atoms. The Morgan fingerprint density at radius 2 is 2.40 bits per heavy atom. The van der Waals surface area contributed by atoms with Gasteiger partial charge >= 0.3 is 0 Å². The van der Waals surface area contributed by atoms with Gasteiger partial charge in [-0.1, -0.05) is 6.58 Å². The molecule has 1 amide bonds. The van der Waals surface area contributed by atoms with Crippen molar-refractivity contribution in [3.8, 4) is 0 Å². The lowest BCUT2D eigenvalue weighted by Gasteiger charge is -2.38. The van der Waals surface area contributed by atoms with Crippen molar-refractivity contribution in [1.29, 1.82) is 0 Å². The van der Waals surface area contributed by atoms with Crippen LogP contribution in [0.2, 0.25) is 0 Å². The monoisotopic (exact) mass is 343 g/mol. The topological polar surface area (TPSA) is 74.4 Å². The number of aromatic nitrogens is 3. The average molecular weight is 343 g/mol. The molecule has 1 atom stereocenters. The second-order valence-corrected chi connectivity index (χ2v) is 6.37. The number of methoxy groups -OCH3 is 1. The molecule has 1 N–H and O–H groups in total. The first-order valence-corrected chi connectivity index (χ1v) is 8.59. The van der Waals surface area contributed by atoms with Crippen LogP contribution in [0.1, 0.15) is 18.4 Å². The molecule has 1 fully saturated rings. The molecule has 7 nitrogen and oxygen atoms in total. The number of anilines is 1. The van der Waals surface area contributed by atoms with Gasteiger partial charge in [-0.2, -0.15) is 0 Å². The number of hydrogen-bond donors (Lipinski definition) is 1. The average Bonchev–Trinajstić information content (AvgIpc) is 3.08. The highest BCUT2D eigenvalue weighted by atomic mass is 16.5. The van der Waals surface area contributed by atoms with Gasteiger partial charge in [0.2, 0.25) is 5.91 Å². The molecular weight excluding hydrogens is 318 g/mol. The third-order valence-corrected chi connectivity index (χ3v) is 4.87. The molecular formula is C18H25N5O2. The van der Waals surface area contributed by atoms with Crippen LogP contribution in [0.3, 0.4) is 0 Å². The Balaban J connectivity index is 1.88. The van der Waals surface area contributed by atoms with Crippen molar-refractivity contribution in [2.24, 2.45) is 0 Å². The number of nitrogens with zero attached hydrogens (tertiary/aromatic N) is 4. The molecule has 1 aliphatic heterocycles. The molecule has 0 aliphatic carbocycles. The molecule has 1 unspecified atom stereocenters. The van der Waals surface area contributed by atoms with Crippen LogP contribution in [-0.4, -0.2) is 65.7 Å². The molecule has 0 radical (unpaired) electrons. The van der Waals surface area contributed by atoms with Crippen LogP contribution in [0.15, 0.2) is 25.2 Å². The predicted molar refractivity (Wildman–Crippen MR) is 97.7 cm³/mol. The molecule has 1 saturated heterocycles. The molecule has 2 aromatic heterocycles. The molecule has 0 aromatic carbocycles. The van der Waals surface area contributed by atoms with E-state index in [9.17, 15) is 4.79 Å². The van der Waals surface area contributed by atoms with Crippen molar-refractivity contribution in [1.82, 2.24) is 19.9 Å². The van der Waals surface area contributed by atoms with Gasteiger partial charge in [-0.3, -0.25) is 4.79 Å². The van der Waals surface area contributed by atoms with Gasteiger partial charge in [0.05, 0.1) is 12.0 Å². The van der Waals surface area contributed by atoms with Gasteiger partial charge in [0.15, 0.2) is 0 Å². The first-order chi connectivity index (χ1) is 12.2. The number of carbonyl (C=O) groups excluding carboxylic acids is 1. The summed E-state index contributed by atoms with van der Waals surface area (Å²) in [6.07, 6.45) is 7.76. The highest BCUT2D eigenvalue weighted by molar-refractivity contribution is 5.91. The summed E-state index contributed by atoms with van der Waals surface area (Å²) in [6, 6.07) is 0.223. The van der Waals surface area contributed by atoms with E-state index in [-0.39, 0.29) is 11.9 Å². The smallest absolute Gasteiger partial charge is 0.246 e. The summed E-state index contributed by atoms with van der Waals surface area (Å²) >= 11 is 0. The maximum absolute atomic E-state index is 12.0. The largest absolute Gasteiger partial charge is 0.384 e. The number of likely N-dealkylation sites (N-methyl/N-ethyl adjacent to an activating group) is 1. The Hall–Kier alpha value is -2.41. The predicted octanol–water partition coefficient (Wildman–Crippen LogP) is 1.76. The minimum atomic E-state index is -0.00615. The highest BCUT2D eigenvalue weighted by Crippen LogP contribution is 2.29. The Morgan fingerprint density at radius 3 is 3.16 bits per heavy atom. The second kappa shape index (κ2) is 7.65. The molecule has 7 heteroatoms. The highest BCUT2D eigenvalue weighted by Gasteiger charge is 2.27. The number of likely N-dealkylation sites (tertiary alicyclic amines) is 1. The van der Waals surface area contributed by atoms with Gasteiger partial charge in [-0.05, 0) is 30.9 Å². The summed E-state index contributed by atoms with van der Waals surface area (Å²) in [5, 5.41) is 1.04. The fourth-order valence-electron chi connectivity index (χ4n) is 3.46. The lowest BCUT2D eigenvalue weighted by atomic mass is 10.0. The van der Waals surface area contributed by atoms with Crippen LogP contribution in [0.4, 0.5) is 5.82 Å².